The summed E-state index contributed by atoms with van der Waals surface area (Å²) in [5.41, 5.74) is -0.923. The number of nitrogens with zero attached hydrogens (tertiary/aromatic N) is 6. The Balaban J connectivity index is 1.46. The van der Waals surface area contributed by atoms with Crippen LogP contribution in [0.15, 0.2) is 37.2 Å². The molecule has 8 nitrogen and oxygen atoms in total. The second kappa shape index (κ2) is 7.60. The summed E-state index contributed by atoms with van der Waals surface area (Å²) in [5, 5.41) is 10.8. The van der Waals surface area contributed by atoms with Crippen LogP contribution in [0.1, 0.15) is 19.3 Å². The van der Waals surface area contributed by atoms with Gasteiger partial charge >= 0.3 is 0 Å². The summed E-state index contributed by atoms with van der Waals surface area (Å²) in [6.45, 7) is 2.20. The molecule has 25 heavy (non-hydrogen) atoms. The third-order valence-electron chi connectivity index (χ3n) is 4.49. The van der Waals surface area contributed by atoms with Gasteiger partial charge in [0.05, 0.1) is 19.4 Å². The van der Waals surface area contributed by atoms with E-state index in [-0.39, 0.29) is 5.91 Å². The van der Waals surface area contributed by atoms with Crippen LogP contribution in [0.4, 0.5) is 5.95 Å². The normalized spacial score (nSPS) is 20.0. The smallest absolute Gasteiger partial charge is 0.225 e. The number of hydrogen-bond donors (Lipinski definition) is 1. The average Bonchev–Trinajstić information content (AvgIpc) is 3.25. The van der Waals surface area contributed by atoms with Gasteiger partial charge in [0.1, 0.15) is 5.60 Å². The topological polar surface area (TPSA) is 87.4 Å². The van der Waals surface area contributed by atoms with Crippen molar-refractivity contribution in [3.8, 4) is 0 Å². The van der Waals surface area contributed by atoms with E-state index in [2.05, 4.69) is 15.0 Å². The predicted molar refractivity (Wildman–Crippen MR) is 92.9 cm³/mol. The maximum Gasteiger partial charge on any atom is 0.225 e. The Morgan fingerprint density at radius 1 is 1.36 bits per heavy atom. The van der Waals surface area contributed by atoms with E-state index in [0.29, 0.717) is 38.4 Å². The molecule has 0 spiro atoms. The Labute approximate surface area is 147 Å². The fraction of sp³-hybridized carbons (Fsp3) is 0.529. The standard InChI is InChI=1S/C17H24N6O2/c1-21(15(24)4-2-9-22-11-8-18-14-22)12-17(25)5-10-23(13-17)16-19-6-3-7-20-16/h3,6-8,11,14,25H,2,4-5,9-10,12-13H2,1H3. The zero-order valence-corrected chi connectivity index (χ0v) is 14.5. The van der Waals surface area contributed by atoms with Gasteiger partial charge in [-0.15, -0.1) is 0 Å². The number of hydrogen-bond acceptors (Lipinski definition) is 6. The van der Waals surface area contributed by atoms with Crippen LogP contribution in [0.5, 0.6) is 0 Å². The van der Waals surface area contributed by atoms with Crippen LogP contribution in [0.2, 0.25) is 0 Å². The molecule has 3 rings (SSSR count). The molecule has 1 fully saturated rings. The molecule has 8 heteroatoms. The molecule has 1 aliphatic heterocycles. The first-order chi connectivity index (χ1) is 12.1. The van der Waals surface area contributed by atoms with Crippen molar-refractivity contribution in [1.29, 1.82) is 0 Å². The van der Waals surface area contributed by atoms with Gasteiger partial charge in [0.25, 0.3) is 0 Å². The lowest BCUT2D eigenvalue weighted by molar-refractivity contribution is -0.132. The highest BCUT2D eigenvalue weighted by atomic mass is 16.3. The summed E-state index contributed by atoms with van der Waals surface area (Å²) in [6.07, 6.45) is 10.5. The molecule has 1 atom stereocenters. The first-order valence-electron chi connectivity index (χ1n) is 8.50. The van der Waals surface area contributed by atoms with Gasteiger partial charge in [-0.3, -0.25) is 4.79 Å². The lowest BCUT2D eigenvalue weighted by Crippen LogP contribution is -2.46. The summed E-state index contributed by atoms with van der Waals surface area (Å²) in [4.78, 5) is 28.3. The van der Waals surface area contributed by atoms with Gasteiger partial charge in [-0.1, -0.05) is 0 Å². The molecule has 1 amide bonds. The molecule has 0 aliphatic carbocycles. The number of rotatable bonds is 7. The Kier molecular flexibility index (Phi) is 5.28. The first-order valence-corrected chi connectivity index (χ1v) is 8.50. The molecule has 2 aromatic heterocycles. The molecule has 3 heterocycles. The molecule has 134 valence electrons. The molecule has 0 radical (unpaired) electrons. The van der Waals surface area contributed by atoms with E-state index in [1.165, 1.54) is 0 Å². The monoisotopic (exact) mass is 344 g/mol. The third-order valence-corrected chi connectivity index (χ3v) is 4.49. The largest absolute Gasteiger partial charge is 0.386 e. The van der Waals surface area contributed by atoms with Gasteiger partial charge < -0.3 is 19.5 Å². The summed E-state index contributed by atoms with van der Waals surface area (Å²) >= 11 is 0. The maximum absolute atomic E-state index is 12.3. The minimum Gasteiger partial charge on any atom is -0.386 e. The average molecular weight is 344 g/mol. The summed E-state index contributed by atoms with van der Waals surface area (Å²) in [5.74, 6) is 0.663. The van der Waals surface area contributed by atoms with E-state index in [4.69, 9.17) is 0 Å². The maximum atomic E-state index is 12.3. The highest BCUT2D eigenvalue weighted by molar-refractivity contribution is 5.75. The van der Waals surface area contributed by atoms with Crippen LogP contribution in [-0.2, 0) is 11.3 Å². The van der Waals surface area contributed by atoms with Crippen LogP contribution in [0, 0.1) is 0 Å². The van der Waals surface area contributed by atoms with Gasteiger partial charge in [0.2, 0.25) is 11.9 Å². The van der Waals surface area contributed by atoms with Crippen molar-refractivity contribution >= 4 is 11.9 Å². The minimum absolute atomic E-state index is 0.0444. The van der Waals surface area contributed by atoms with E-state index < -0.39 is 5.60 Å². The van der Waals surface area contributed by atoms with E-state index in [1.54, 1.807) is 42.9 Å². The Morgan fingerprint density at radius 2 is 2.16 bits per heavy atom. The fourth-order valence-corrected chi connectivity index (χ4v) is 3.16. The van der Waals surface area contributed by atoms with Crippen molar-refractivity contribution in [1.82, 2.24) is 24.4 Å². The molecule has 1 N–H and O–H groups in total. The van der Waals surface area contributed by atoms with E-state index in [1.807, 2.05) is 15.7 Å². The van der Waals surface area contributed by atoms with Crippen LogP contribution in [-0.4, -0.2) is 67.7 Å². The second-order valence-electron chi connectivity index (χ2n) is 6.60. The van der Waals surface area contributed by atoms with Gasteiger partial charge in [0.15, 0.2) is 0 Å². The minimum atomic E-state index is -0.923. The van der Waals surface area contributed by atoms with E-state index in [0.717, 1.165) is 13.0 Å². The number of aromatic nitrogens is 4. The highest BCUT2D eigenvalue weighted by Crippen LogP contribution is 2.25. The highest BCUT2D eigenvalue weighted by Gasteiger charge is 2.38. The van der Waals surface area contributed by atoms with Gasteiger partial charge in [-0.2, -0.15) is 0 Å². The molecular weight excluding hydrogens is 320 g/mol. The van der Waals surface area contributed by atoms with E-state index in [9.17, 15) is 9.90 Å². The molecule has 2 aromatic rings. The third kappa shape index (κ3) is 4.54. The predicted octanol–water partition coefficient (Wildman–Crippen LogP) is 0.553. The number of likely N-dealkylation sites (N-methyl/N-ethyl adjacent to an activating group) is 1. The lowest BCUT2D eigenvalue weighted by atomic mass is 10.0. The number of carbonyl (C=O) groups excluding carboxylic acids is 1. The second-order valence-corrected chi connectivity index (χ2v) is 6.60. The van der Waals surface area contributed by atoms with Crippen molar-refractivity contribution in [3.63, 3.8) is 0 Å². The molecule has 0 aromatic carbocycles. The Bertz CT molecular complexity index is 678. The van der Waals surface area contributed by atoms with Crippen LogP contribution >= 0.6 is 0 Å². The van der Waals surface area contributed by atoms with Crippen molar-refractivity contribution in [2.45, 2.75) is 31.4 Å². The molecule has 1 saturated heterocycles. The quantitative estimate of drug-likeness (QED) is 0.789. The Hall–Kier alpha value is -2.48. The van der Waals surface area contributed by atoms with E-state index >= 15 is 0 Å². The van der Waals surface area contributed by atoms with Crippen molar-refractivity contribution in [3.05, 3.63) is 37.2 Å². The summed E-state index contributed by atoms with van der Waals surface area (Å²) in [6, 6.07) is 1.77. The van der Waals surface area contributed by atoms with Gasteiger partial charge in [0, 0.05) is 51.3 Å². The number of aliphatic hydroxyl groups is 1. The van der Waals surface area contributed by atoms with Crippen LogP contribution in [0.25, 0.3) is 0 Å². The molecule has 0 bridgehead atoms. The number of imidazole rings is 1. The van der Waals surface area contributed by atoms with Crippen molar-refractivity contribution in [2.75, 3.05) is 31.6 Å². The summed E-state index contributed by atoms with van der Waals surface area (Å²) < 4.78 is 1.95. The van der Waals surface area contributed by atoms with Gasteiger partial charge in [-0.25, -0.2) is 15.0 Å². The lowest BCUT2D eigenvalue weighted by Gasteiger charge is -2.29. The fourth-order valence-electron chi connectivity index (χ4n) is 3.16. The van der Waals surface area contributed by atoms with Crippen LogP contribution < -0.4 is 4.90 Å². The zero-order chi connectivity index (χ0) is 17.7. The number of β-amino-alcohol motifs (C(OH)–C–C–N with tert-alkyl or cyclic N) is 1. The SMILES string of the molecule is CN(CC1(O)CCN(c2ncccn2)C1)C(=O)CCCn1ccnc1. The number of aryl methyl sites for hydroxylation is 1. The first kappa shape index (κ1) is 17.3. The number of amides is 1. The molecule has 1 unspecified atom stereocenters. The number of carbonyl (C=O) groups is 1. The van der Waals surface area contributed by atoms with Crippen LogP contribution in [0.3, 0.4) is 0 Å². The molecule has 1 aliphatic rings. The van der Waals surface area contributed by atoms with Gasteiger partial charge in [-0.05, 0) is 18.9 Å². The summed E-state index contributed by atoms with van der Waals surface area (Å²) in [7, 11) is 1.75. The number of anilines is 1. The zero-order valence-electron chi connectivity index (χ0n) is 14.5. The molecule has 0 saturated carbocycles. The van der Waals surface area contributed by atoms with Crippen molar-refractivity contribution < 1.29 is 9.90 Å². The Morgan fingerprint density at radius 3 is 2.88 bits per heavy atom. The molecular formula is C17H24N6O2. The van der Waals surface area contributed by atoms with Crippen molar-refractivity contribution in [2.24, 2.45) is 0 Å².